The zero-order valence-electron chi connectivity index (χ0n) is 12.8. The van der Waals surface area contributed by atoms with Crippen LogP contribution in [0, 0.1) is 10.1 Å². The fourth-order valence-electron chi connectivity index (χ4n) is 1.86. The van der Waals surface area contributed by atoms with Gasteiger partial charge in [-0.3, -0.25) is 14.9 Å². The van der Waals surface area contributed by atoms with Gasteiger partial charge in [0.25, 0.3) is 5.69 Å². The number of benzene rings is 1. The third-order valence-corrected chi connectivity index (χ3v) is 3.01. The largest absolute Gasteiger partial charge is 0.477 e. The van der Waals surface area contributed by atoms with Crippen molar-refractivity contribution >= 4 is 17.4 Å². The quantitative estimate of drug-likeness (QED) is 0.332. The molecule has 0 fully saturated rings. The normalized spacial score (nSPS) is 10.0. The molecule has 1 heterocycles. The van der Waals surface area contributed by atoms with E-state index in [2.05, 4.69) is 4.98 Å². The Bertz CT molecular complexity index is 757. The van der Waals surface area contributed by atoms with Gasteiger partial charge in [-0.05, 0) is 31.2 Å². The van der Waals surface area contributed by atoms with E-state index >= 15 is 0 Å². The van der Waals surface area contributed by atoms with Crippen molar-refractivity contribution < 1.29 is 24.0 Å². The predicted molar refractivity (Wildman–Crippen MR) is 83.1 cm³/mol. The number of nitrogens with zero attached hydrogens (tertiary/aromatic N) is 2. The van der Waals surface area contributed by atoms with E-state index in [0.717, 1.165) is 0 Å². The maximum Gasteiger partial charge on any atom is 0.344 e. The van der Waals surface area contributed by atoms with E-state index in [1.54, 1.807) is 13.0 Å². The lowest BCUT2D eigenvalue weighted by atomic mass is 10.1. The highest BCUT2D eigenvalue weighted by Gasteiger charge is 2.17. The molecule has 0 aliphatic rings. The highest BCUT2D eigenvalue weighted by atomic mass is 16.6. The first kappa shape index (κ1) is 17.1. The number of aromatic nitrogens is 1. The Balaban J connectivity index is 2.01. The molecule has 0 bridgehead atoms. The van der Waals surface area contributed by atoms with Crippen LogP contribution in [-0.2, 0) is 4.74 Å². The summed E-state index contributed by atoms with van der Waals surface area (Å²) in [6, 6.07) is 8.08. The van der Waals surface area contributed by atoms with E-state index in [0.29, 0.717) is 6.61 Å². The van der Waals surface area contributed by atoms with Crippen molar-refractivity contribution in [3.8, 4) is 5.88 Å². The van der Waals surface area contributed by atoms with Crippen LogP contribution in [0.4, 0.5) is 5.69 Å². The van der Waals surface area contributed by atoms with Crippen molar-refractivity contribution in [3.05, 3.63) is 63.8 Å². The molecular weight excluding hydrogens is 316 g/mol. The Labute approximate surface area is 137 Å². The Hall–Kier alpha value is -3.29. The minimum Gasteiger partial charge on any atom is -0.477 e. The molecule has 0 saturated carbocycles. The lowest BCUT2D eigenvalue weighted by Gasteiger charge is -2.08. The lowest BCUT2D eigenvalue weighted by Crippen LogP contribution is -2.15. The number of hydrogen-bond acceptors (Lipinski definition) is 7. The van der Waals surface area contributed by atoms with Gasteiger partial charge in [0, 0.05) is 23.9 Å². The summed E-state index contributed by atoms with van der Waals surface area (Å²) in [6.07, 6.45) is 1.48. The molecule has 0 atom stereocenters. The van der Waals surface area contributed by atoms with Gasteiger partial charge in [-0.25, -0.2) is 9.78 Å². The van der Waals surface area contributed by atoms with Gasteiger partial charge in [0.05, 0.1) is 11.5 Å². The summed E-state index contributed by atoms with van der Waals surface area (Å²) in [7, 11) is 0. The standard InChI is InChI=1S/C16H14N2O6/c1-2-23-15-13(4-3-9-17-15)16(20)24-10-14(19)11-5-7-12(8-6-11)18(21)22/h3-9H,2,10H2,1H3. The fourth-order valence-corrected chi connectivity index (χ4v) is 1.86. The zero-order valence-corrected chi connectivity index (χ0v) is 12.8. The number of rotatable bonds is 7. The SMILES string of the molecule is CCOc1ncccc1C(=O)OCC(=O)c1ccc([N+](=O)[O-])cc1. The topological polar surface area (TPSA) is 109 Å². The van der Waals surface area contributed by atoms with Gasteiger partial charge in [0.1, 0.15) is 5.56 Å². The Kier molecular flexibility index (Phi) is 5.56. The molecule has 1 aromatic heterocycles. The third-order valence-electron chi connectivity index (χ3n) is 3.01. The molecule has 0 N–H and O–H groups in total. The van der Waals surface area contributed by atoms with Gasteiger partial charge in [-0.2, -0.15) is 0 Å². The summed E-state index contributed by atoms with van der Waals surface area (Å²) in [4.78, 5) is 38.0. The van der Waals surface area contributed by atoms with Crippen molar-refractivity contribution in [2.75, 3.05) is 13.2 Å². The number of nitro benzene ring substituents is 1. The molecule has 2 aromatic rings. The number of ether oxygens (including phenoxy) is 2. The fraction of sp³-hybridized carbons (Fsp3) is 0.188. The van der Waals surface area contributed by atoms with Crippen LogP contribution < -0.4 is 4.74 Å². The molecule has 0 spiro atoms. The molecule has 0 amide bonds. The van der Waals surface area contributed by atoms with Crippen LogP contribution in [0.2, 0.25) is 0 Å². The minimum absolute atomic E-state index is 0.121. The predicted octanol–water partition coefficient (Wildman–Crippen LogP) is 2.43. The van der Waals surface area contributed by atoms with Crippen molar-refractivity contribution in [1.82, 2.24) is 4.98 Å². The van der Waals surface area contributed by atoms with Crippen molar-refractivity contribution in [1.29, 1.82) is 0 Å². The van der Waals surface area contributed by atoms with Gasteiger partial charge in [0.15, 0.2) is 12.4 Å². The van der Waals surface area contributed by atoms with Crippen LogP contribution in [0.15, 0.2) is 42.6 Å². The Morgan fingerprint density at radius 1 is 1.21 bits per heavy atom. The number of carbonyl (C=O) groups excluding carboxylic acids is 2. The van der Waals surface area contributed by atoms with Crippen LogP contribution in [0.25, 0.3) is 0 Å². The number of Topliss-reactive ketones (excluding diaryl/α,β-unsaturated/α-hetero) is 1. The van der Waals surface area contributed by atoms with Crippen LogP contribution >= 0.6 is 0 Å². The van der Waals surface area contributed by atoms with E-state index in [4.69, 9.17) is 9.47 Å². The molecule has 0 radical (unpaired) electrons. The Morgan fingerprint density at radius 2 is 1.92 bits per heavy atom. The van der Waals surface area contributed by atoms with E-state index < -0.39 is 23.3 Å². The number of carbonyl (C=O) groups is 2. The summed E-state index contributed by atoms with van der Waals surface area (Å²) in [5.74, 6) is -1.07. The monoisotopic (exact) mass is 330 g/mol. The molecule has 24 heavy (non-hydrogen) atoms. The first-order valence-corrected chi connectivity index (χ1v) is 7.05. The summed E-state index contributed by atoms with van der Waals surface area (Å²) in [5.41, 5.74) is 0.209. The highest BCUT2D eigenvalue weighted by Crippen LogP contribution is 2.16. The molecule has 0 aliphatic heterocycles. The summed E-state index contributed by atoms with van der Waals surface area (Å²) in [5, 5.41) is 10.6. The van der Waals surface area contributed by atoms with E-state index in [9.17, 15) is 19.7 Å². The molecular formula is C16H14N2O6. The number of hydrogen-bond donors (Lipinski definition) is 0. The van der Waals surface area contributed by atoms with Gasteiger partial charge >= 0.3 is 5.97 Å². The minimum atomic E-state index is -0.734. The summed E-state index contributed by atoms with van der Waals surface area (Å²) >= 11 is 0. The molecule has 2 rings (SSSR count). The van der Waals surface area contributed by atoms with Gasteiger partial charge in [-0.15, -0.1) is 0 Å². The van der Waals surface area contributed by atoms with Crippen molar-refractivity contribution in [2.45, 2.75) is 6.92 Å². The van der Waals surface area contributed by atoms with E-state index in [1.807, 2.05) is 0 Å². The van der Waals surface area contributed by atoms with Crippen LogP contribution in [0.5, 0.6) is 5.88 Å². The summed E-state index contributed by atoms with van der Waals surface area (Å²) in [6.45, 7) is 1.60. The maximum atomic E-state index is 12.0. The van der Waals surface area contributed by atoms with E-state index in [-0.39, 0.29) is 22.7 Å². The third kappa shape index (κ3) is 4.13. The van der Waals surface area contributed by atoms with Gasteiger partial charge in [-0.1, -0.05) is 0 Å². The van der Waals surface area contributed by atoms with E-state index in [1.165, 1.54) is 36.5 Å². The Morgan fingerprint density at radius 3 is 2.54 bits per heavy atom. The number of pyridine rings is 1. The average Bonchev–Trinajstić information content (AvgIpc) is 2.60. The summed E-state index contributed by atoms with van der Waals surface area (Å²) < 4.78 is 10.2. The molecule has 0 unspecified atom stereocenters. The van der Waals surface area contributed by atoms with Crippen LogP contribution in [0.3, 0.4) is 0 Å². The molecule has 0 saturated heterocycles. The maximum absolute atomic E-state index is 12.0. The second-order valence-electron chi connectivity index (χ2n) is 4.59. The first-order valence-electron chi connectivity index (χ1n) is 7.05. The van der Waals surface area contributed by atoms with Crippen LogP contribution in [-0.4, -0.2) is 34.9 Å². The molecule has 1 aromatic carbocycles. The molecule has 0 aliphatic carbocycles. The van der Waals surface area contributed by atoms with Crippen molar-refractivity contribution in [3.63, 3.8) is 0 Å². The molecule has 124 valence electrons. The van der Waals surface area contributed by atoms with Gasteiger partial charge < -0.3 is 9.47 Å². The highest BCUT2D eigenvalue weighted by molar-refractivity contribution is 5.99. The number of non-ortho nitro benzene ring substituents is 1. The number of esters is 1. The van der Waals surface area contributed by atoms with Gasteiger partial charge in [0.2, 0.25) is 5.88 Å². The second kappa shape index (κ2) is 7.82. The number of nitro groups is 1. The zero-order chi connectivity index (χ0) is 17.5. The van der Waals surface area contributed by atoms with Crippen LogP contribution in [0.1, 0.15) is 27.6 Å². The first-order chi connectivity index (χ1) is 11.5. The molecule has 8 heteroatoms. The van der Waals surface area contributed by atoms with Crippen molar-refractivity contribution in [2.24, 2.45) is 0 Å². The molecule has 8 nitrogen and oxygen atoms in total. The number of ketones is 1. The second-order valence-corrected chi connectivity index (χ2v) is 4.59. The smallest absolute Gasteiger partial charge is 0.344 e. The average molecular weight is 330 g/mol. The lowest BCUT2D eigenvalue weighted by molar-refractivity contribution is -0.384.